The predicted octanol–water partition coefficient (Wildman–Crippen LogP) is -0.208. The SMILES string of the molecule is Nc1ccc2nc(CN3CCN(CC(=O)O)CCN(CC(=O)O)CCN(CC(=O)O)CC3)ccc2c1. The van der Waals surface area contributed by atoms with E-state index >= 15 is 0 Å². The Hall–Kier alpha value is -3.32. The van der Waals surface area contributed by atoms with Crippen LogP contribution in [0.25, 0.3) is 10.9 Å². The second-order valence-electron chi connectivity index (χ2n) is 9.04. The van der Waals surface area contributed by atoms with Crippen molar-refractivity contribution in [2.75, 3.05) is 77.7 Å². The van der Waals surface area contributed by atoms with Gasteiger partial charge in [0.05, 0.1) is 30.8 Å². The Labute approximate surface area is 209 Å². The van der Waals surface area contributed by atoms with Crippen LogP contribution >= 0.6 is 0 Å². The van der Waals surface area contributed by atoms with Gasteiger partial charge in [0.2, 0.25) is 0 Å². The van der Waals surface area contributed by atoms with Crippen molar-refractivity contribution in [2.45, 2.75) is 6.54 Å². The summed E-state index contributed by atoms with van der Waals surface area (Å²) >= 11 is 0. The van der Waals surface area contributed by atoms with Crippen molar-refractivity contribution in [3.05, 3.63) is 36.0 Å². The quantitative estimate of drug-likeness (QED) is 0.352. The molecule has 0 aliphatic carbocycles. The Bertz CT molecular complexity index is 1030. The van der Waals surface area contributed by atoms with Gasteiger partial charge in [0.1, 0.15) is 0 Å². The number of carboxylic acid groups (broad SMARTS) is 3. The predicted molar refractivity (Wildman–Crippen MR) is 134 cm³/mol. The van der Waals surface area contributed by atoms with E-state index in [2.05, 4.69) is 4.90 Å². The number of fused-ring (bicyclic) bond motifs is 1. The molecule has 2 heterocycles. The Morgan fingerprint density at radius 1 is 0.694 bits per heavy atom. The molecule has 5 N–H and O–H groups in total. The number of nitrogens with zero attached hydrogens (tertiary/aromatic N) is 5. The number of anilines is 1. The fraction of sp³-hybridized carbons (Fsp3) is 0.500. The molecule has 0 saturated carbocycles. The van der Waals surface area contributed by atoms with E-state index in [1.54, 1.807) is 20.8 Å². The molecule has 0 unspecified atom stereocenters. The number of carboxylic acids is 3. The summed E-state index contributed by atoms with van der Waals surface area (Å²) in [6, 6.07) is 9.44. The van der Waals surface area contributed by atoms with Crippen LogP contribution in [0.3, 0.4) is 0 Å². The second kappa shape index (κ2) is 13.1. The smallest absolute Gasteiger partial charge is 0.317 e. The molecule has 1 aromatic heterocycles. The van der Waals surface area contributed by atoms with Gasteiger partial charge in [-0.15, -0.1) is 0 Å². The normalized spacial score (nSPS) is 17.9. The summed E-state index contributed by atoms with van der Waals surface area (Å²) in [6.45, 7) is 3.61. The van der Waals surface area contributed by atoms with Crippen molar-refractivity contribution in [3.63, 3.8) is 0 Å². The molecular weight excluding hydrogens is 468 g/mol. The number of aromatic nitrogens is 1. The maximum absolute atomic E-state index is 11.4. The van der Waals surface area contributed by atoms with E-state index in [1.165, 1.54) is 0 Å². The standard InChI is InChI=1S/C24H34N6O6/c25-19-2-4-21-18(13-19)1-3-20(26-21)14-27-5-7-28(15-22(31)32)9-11-30(17-24(35)36)12-10-29(8-6-27)16-23(33)34/h1-4,13H,5-12,14-17,25H2,(H,31,32)(H,33,34)(H,35,36). The highest BCUT2D eigenvalue weighted by Crippen LogP contribution is 2.17. The summed E-state index contributed by atoms with van der Waals surface area (Å²) in [6.07, 6.45) is 0. The van der Waals surface area contributed by atoms with Gasteiger partial charge in [-0.3, -0.25) is 39.0 Å². The fourth-order valence-electron chi connectivity index (χ4n) is 4.29. The van der Waals surface area contributed by atoms with Crippen LogP contribution in [0.2, 0.25) is 0 Å². The van der Waals surface area contributed by atoms with Gasteiger partial charge in [0.25, 0.3) is 0 Å². The number of hydrogen-bond acceptors (Lipinski definition) is 9. The van der Waals surface area contributed by atoms with Gasteiger partial charge >= 0.3 is 17.9 Å². The minimum Gasteiger partial charge on any atom is -0.480 e. The molecule has 196 valence electrons. The van der Waals surface area contributed by atoms with Crippen LogP contribution in [0.5, 0.6) is 0 Å². The largest absolute Gasteiger partial charge is 0.480 e. The van der Waals surface area contributed by atoms with Gasteiger partial charge in [-0.1, -0.05) is 6.07 Å². The molecule has 0 bridgehead atoms. The monoisotopic (exact) mass is 502 g/mol. The van der Waals surface area contributed by atoms with Crippen LogP contribution in [-0.2, 0) is 20.9 Å². The zero-order valence-corrected chi connectivity index (χ0v) is 20.3. The molecule has 1 fully saturated rings. The van der Waals surface area contributed by atoms with Crippen LogP contribution in [0.1, 0.15) is 5.69 Å². The van der Waals surface area contributed by atoms with Crippen LogP contribution in [0, 0.1) is 0 Å². The summed E-state index contributed by atoms with van der Waals surface area (Å²) in [4.78, 5) is 46.4. The van der Waals surface area contributed by atoms with E-state index in [0.717, 1.165) is 16.6 Å². The molecule has 0 spiro atoms. The molecule has 1 saturated heterocycles. The van der Waals surface area contributed by atoms with Crippen LogP contribution in [-0.4, -0.2) is 130 Å². The molecule has 12 nitrogen and oxygen atoms in total. The third-order valence-corrected chi connectivity index (χ3v) is 6.16. The van der Waals surface area contributed by atoms with E-state index in [4.69, 9.17) is 10.7 Å². The average Bonchev–Trinajstić information content (AvgIpc) is 2.79. The Morgan fingerprint density at radius 3 is 1.58 bits per heavy atom. The summed E-state index contributed by atoms with van der Waals surface area (Å²) in [7, 11) is 0. The Kier molecular flexibility index (Phi) is 9.94. The first-order valence-corrected chi connectivity index (χ1v) is 11.9. The number of hydrogen-bond donors (Lipinski definition) is 4. The van der Waals surface area contributed by atoms with E-state index in [-0.39, 0.29) is 19.6 Å². The fourth-order valence-corrected chi connectivity index (χ4v) is 4.29. The molecule has 1 aliphatic heterocycles. The Balaban J connectivity index is 1.77. The van der Waals surface area contributed by atoms with Gasteiger partial charge in [-0.25, -0.2) is 0 Å². The van der Waals surface area contributed by atoms with Gasteiger partial charge < -0.3 is 21.1 Å². The topological polar surface area (TPSA) is 164 Å². The van der Waals surface area contributed by atoms with Gasteiger partial charge in [0.15, 0.2) is 0 Å². The number of benzene rings is 1. The third-order valence-electron chi connectivity index (χ3n) is 6.16. The maximum Gasteiger partial charge on any atom is 0.317 e. The highest BCUT2D eigenvalue weighted by atomic mass is 16.4. The molecule has 0 amide bonds. The van der Waals surface area contributed by atoms with Crippen molar-refractivity contribution in [2.24, 2.45) is 0 Å². The lowest BCUT2D eigenvalue weighted by molar-refractivity contribution is -0.140. The minimum absolute atomic E-state index is 0.143. The highest BCUT2D eigenvalue weighted by molar-refractivity contribution is 5.81. The average molecular weight is 503 g/mol. The molecular formula is C24H34N6O6. The van der Waals surface area contributed by atoms with E-state index in [1.807, 2.05) is 24.3 Å². The summed E-state index contributed by atoms with van der Waals surface area (Å²) in [5, 5.41) is 28.9. The number of aliphatic carboxylic acids is 3. The molecule has 0 radical (unpaired) electrons. The summed E-state index contributed by atoms with van der Waals surface area (Å²) in [5.74, 6) is -2.86. The maximum atomic E-state index is 11.4. The van der Waals surface area contributed by atoms with Gasteiger partial charge in [-0.05, 0) is 24.3 Å². The van der Waals surface area contributed by atoms with Crippen LogP contribution in [0.15, 0.2) is 30.3 Å². The number of carbonyl (C=O) groups is 3. The van der Waals surface area contributed by atoms with Gasteiger partial charge in [-0.2, -0.15) is 0 Å². The molecule has 36 heavy (non-hydrogen) atoms. The molecule has 1 aromatic carbocycles. The van der Waals surface area contributed by atoms with Crippen LogP contribution in [0.4, 0.5) is 5.69 Å². The molecule has 1 aliphatic rings. The van der Waals surface area contributed by atoms with Crippen LogP contribution < -0.4 is 5.73 Å². The van der Waals surface area contributed by atoms with E-state index in [0.29, 0.717) is 64.6 Å². The molecule has 2 aromatic rings. The molecule has 12 heteroatoms. The number of nitrogen functional groups attached to an aromatic ring is 1. The summed E-state index contributed by atoms with van der Waals surface area (Å²) < 4.78 is 0. The second-order valence-corrected chi connectivity index (χ2v) is 9.04. The van der Waals surface area contributed by atoms with Crippen molar-refractivity contribution in [1.82, 2.24) is 24.6 Å². The number of pyridine rings is 1. The minimum atomic E-state index is -0.978. The first-order valence-electron chi connectivity index (χ1n) is 11.9. The van der Waals surface area contributed by atoms with Crippen molar-refractivity contribution >= 4 is 34.5 Å². The zero-order valence-electron chi connectivity index (χ0n) is 20.3. The lowest BCUT2D eigenvalue weighted by Crippen LogP contribution is -2.48. The van der Waals surface area contributed by atoms with Gasteiger partial charge in [0, 0.05) is 70.0 Å². The Morgan fingerprint density at radius 2 is 1.14 bits per heavy atom. The number of nitrogens with two attached hydrogens (primary N) is 1. The summed E-state index contributed by atoms with van der Waals surface area (Å²) in [5.41, 5.74) is 8.20. The number of rotatable bonds is 8. The first kappa shape index (κ1) is 27.3. The molecule has 0 atom stereocenters. The third kappa shape index (κ3) is 9.04. The van der Waals surface area contributed by atoms with Crippen molar-refractivity contribution < 1.29 is 29.7 Å². The highest BCUT2D eigenvalue weighted by Gasteiger charge is 2.20. The van der Waals surface area contributed by atoms with E-state index < -0.39 is 17.9 Å². The van der Waals surface area contributed by atoms with Crippen molar-refractivity contribution in [1.29, 1.82) is 0 Å². The lowest BCUT2D eigenvalue weighted by Gasteiger charge is -2.33. The molecule has 3 rings (SSSR count). The lowest BCUT2D eigenvalue weighted by atomic mass is 10.2. The zero-order chi connectivity index (χ0) is 26.1. The van der Waals surface area contributed by atoms with E-state index in [9.17, 15) is 29.7 Å². The van der Waals surface area contributed by atoms with Crippen molar-refractivity contribution in [3.8, 4) is 0 Å². The first-order chi connectivity index (χ1) is 17.2.